The van der Waals surface area contributed by atoms with E-state index >= 15 is 0 Å². The molecule has 0 aliphatic carbocycles. The van der Waals surface area contributed by atoms with E-state index in [9.17, 15) is 8.42 Å². The summed E-state index contributed by atoms with van der Waals surface area (Å²) in [5.41, 5.74) is 0. The van der Waals surface area contributed by atoms with E-state index in [0.717, 1.165) is 25.9 Å². The van der Waals surface area contributed by atoms with Crippen LogP contribution in [0.2, 0.25) is 0 Å². The van der Waals surface area contributed by atoms with Gasteiger partial charge in [-0.05, 0) is 31.8 Å². The van der Waals surface area contributed by atoms with E-state index in [4.69, 9.17) is 15.4 Å². The Bertz CT molecular complexity index is 262. The second kappa shape index (κ2) is 5.30. The van der Waals surface area contributed by atoms with Gasteiger partial charge in [0.15, 0.2) is 0 Å². The molecule has 4 nitrogen and oxygen atoms in total. The average molecular weight is 242 g/mol. The van der Waals surface area contributed by atoms with Crippen LogP contribution in [-0.2, 0) is 13.8 Å². The summed E-state index contributed by atoms with van der Waals surface area (Å²) in [4.78, 5) is 0. The van der Waals surface area contributed by atoms with Crippen molar-refractivity contribution in [3.63, 3.8) is 0 Å². The number of ether oxygens (including phenoxy) is 1. The number of hydrogen-bond acceptors (Lipinski definition) is 4. The van der Waals surface area contributed by atoms with Crippen LogP contribution >= 0.6 is 10.7 Å². The fraction of sp³-hybridized carbons (Fsp3) is 1.00. The monoisotopic (exact) mass is 241 g/mol. The molecule has 1 atom stereocenters. The van der Waals surface area contributed by atoms with Gasteiger partial charge in [-0.3, -0.25) is 0 Å². The molecule has 0 bridgehead atoms. The summed E-state index contributed by atoms with van der Waals surface area (Å²) >= 11 is 0. The van der Waals surface area contributed by atoms with Gasteiger partial charge in [0, 0.05) is 17.8 Å². The lowest BCUT2D eigenvalue weighted by Crippen LogP contribution is -2.37. The lowest BCUT2D eigenvalue weighted by molar-refractivity contribution is 0.0562. The molecule has 1 N–H and O–H groups in total. The molecule has 0 aromatic heterocycles. The van der Waals surface area contributed by atoms with Crippen molar-refractivity contribution in [1.82, 2.24) is 5.32 Å². The van der Waals surface area contributed by atoms with Crippen molar-refractivity contribution < 1.29 is 13.2 Å². The predicted octanol–water partition coefficient (Wildman–Crippen LogP) is 0.570. The Kier molecular flexibility index (Phi) is 4.63. The van der Waals surface area contributed by atoms with Gasteiger partial charge >= 0.3 is 0 Å². The summed E-state index contributed by atoms with van der Waals surface area (Å²) in [5.74, 6) is 0.213. The van der Waals surface area contributed by atoms with E-state index in [1.54, 1.807) is 0 Å². The van der Waals surface area contributed by atoms with Gasteiger partial charge in [-0.1, -0.05) is 0 Å². The van der Waals surface area contributed by atoms with Gasteiger partial charge < -0.3 is 10.1 Å². The molecule has 1 saturated heterocycles. The van der Waals surface area contributed by atoms with Gasteiger partial charge in [0.1, 0.15) is 0 Å². The molecule has 84 valence electrons. The number of hydrogen-bond donors (Lipinski definition) is 1. The quantitative estimate of drug-likeness (QED) is 0.732. The Balaban J connectivity index is 2.52. The summed E-state index contributed by atoms with van der Waals surface area (Å²) in [7, 11) is 3.28. The molecule has 0 saturated carbocycles. The molecule has 1 heterocycles. The topological polar surface area (TPSA) is 55.4 Å². The third kappa shape index (κ3) is 4.13. The van der Waals surface area contributed by atoms with Crippen molar-refractivity contribution in [3.05, 3.63) is 0 Å². The Hall–Kier alpha value is 0.160. The second-order valence-corrected chi connectivity index (χ2v) is 6.39. The Labute approximate surface area is 89.4 Å². The molecule has 1 unspecified atom stereocenters. The largest absolute Gasteiger partial charge is 0.380 e. The molecule has 0 spiro atoms. The van der Waals surface area contributed by atoms with Gasteiger partial charge in [-0.15, -0.1) is 0 Å². The van der Waals surface area contributed by atoms with E-state index in [1.807, 2.05) is 0 Å². The van der Waals surface area contributed by atoms with E-state index < -0.39 is 9.05 Å². The fourth-order valence-electron chi connectivity index (χ4n) is 1.81. The zero-order valence-corrected chi connectivity index (χ0v) is 9.77. The Morgan fingerprint density at radius 1 is 1.50 bits per heavy atom. The van der Waals surface area contributed by atoms with Crippen LogP contribution in [0.15, 0.2) is 0 Å². The van der Waals surface area contributed by atoms with Crippen LogP contribution in [0.3, 0.4) is 0 Å². The molecule has 1 rings (SSSR count). The van der Waals surface area contributed by atoms with Crippen LogP contribution in [0, 0.1) is 5.92 Å². The van der Waals surface area contributed by atoms with Crippen molar-refractivity contribution in [1.29, 1.82) is 0 Å². The summed E-state index contributed by atoms with van der Waals surface area (Å²) in [6.45, 7) is 1.85. The van der Waals surface area contributed by atoms with E-state index in [1.165, 1.54) is 7.11 Å². The molecule has 6 heteroatoms. The highest BCUT2D eigenvalue weighted by molar-refractivity contribution is 8.13. The van der Waals surface area contributed by atoms with Crippen molar-refractivity contribution in [2.24, 2.45) is 5.92 Å². The first-order valence-corrected chi connectivity index (χ1v) is 7.16. The van der Waals surface area contributed by atoms with E-state index in [0.29, 0.717) is 5.92 Å². The lowest BCUT2D eigenvalue weighted by Gasteiger charge is -2.28. The lowest BCUT2D eigenvalue weighted by atomic mass is 9.93. The summed E-state index contributed by atoms with van der Waals surface area (Å²) in [5, 5.41) is 3.22. The van der Waals surface area contributed by atoms with Crippen LogP contribution in [0.4, 0.5) is 0 Å². The molecule has 0 aromatic rings. The molecular weight excluding hydrogens is 226 g/mol. The van der Waals surface area contributed by atoms with E-state index in [-0.39, 0.29) is 11.9 Å². The highest BCUT2D eigenvalue weighted by Gasteiger charge is 2.27. The second-order valence-electron chi connectivity index (χ2n) is 3.57. The molecule has 0 aromatic carbocycles. The maximum absolute atomic E-state index is 10.9. The van der Waals surface area contributed by atoms with Gasteiger partial charge in [0.25, 0.3) is 0 Å². The third-order valence-corrected chi connectivity index (χ3v) is 3.68. The SMILES string of the molecule is COC(CS(=O)(=O)Cl)C1CCNCC1. The van der Waals surface area contributed by atoms with Crippen molar-refractivity contribution in [2.45, 2.75) is 18.9 Å². The molecule has 1 aliphatic heterocycles. The number of methoxy groups -OCH3 is 1. The van der Waals surface area contributed by atoms with Gasteiger partial charge in [0.2, 0.25) is 9.05 Å². The first-order chi connectivity index (χ1) is 6.53. The standard InChI is InChI=1S/C8H16ClNO3S/c1-13-8(6-14(9,11)12)7-2-4-10-5-3-7/h7-8,10H,2-6H2,1H3. The van der Waals surface area contributed by atoms with Crippen LogP contribution < -0.4 is 5.32 Å². The highest BCUT2D eigenvalue weighted by atomic mass is 35.7. The smallest absolute Gasteiger partial charge is 0.235 e. The number of nitrogens with one attached hydrogen (secondary N) is 1. The first kappa shape index (κ1) is 12.2. The molecule has 14 heavy (non-hydrogen) atoms. The van der Waals surface area contributed by atoms with Crippen molar-refractivity contribution >= 4 is 19.7 Å². The molecule has 0 amide bonds. The van der Waals surface area contributed by atoms with Crippen LogP contribution in [-0.4, -0.2) is 40.5 Å². The zero-order valence-electron chi connectivity index (χ0n) is 8.20. The maximum Gasteiger partial charge on any atom is 0.235 e. The number of halogens is 1. The highest BCUT2D eigenvalue weighted by Crippen LogP contribution is 2.20. The Morgan fingerprint density at radius 2 is 2.07 bits per heavy atom. The Morgan fingerprint density at radius 3 is 2.50 bits per heavy atom. The zero-order chi connectivity index (χ0) is 10.6. The van der Waals surface area contributed by atoms with E-state index in [2.05, 4.69) is 5.32 Å². The van der Waals surface area contributed by atoms with Gasteiger partial charge in [-0.25, -0.2) is 8.42 Å². The average Bonchev–Trinajstić information content (AvgIpc) is 2.14. The van der Waals surface area contributed by atoms with Gasteiger partial charge in [-0.2, -0.15) is 0 Å². The molecular formula is C8H16ClNO3S. The predicted molar refractivity (Wildman–Crippen MR) is 56.0 cm³/mol. The molecule has 0 radical (unpaired) electrons. The number of piperidine rings is 1. The van der Waals surface area contributed by atoms with Crippen LogP contribution in [0.5, 0.6) is 0 Å². The number of rotatable bonds is 4. The molecule has 1 aliphatic rings. The summed E-state index contributed by atoms with van der Waals surface area (Å²) in [6.07, 6.45) is 1.63. The van der Waals surface area contributed by atoms with Crippen LogP contribution in [0.1, 0.15) is 12.8 Å². The molecule has 1 fully saturated rings. The minimum absolute atomic E-state index is 0.0876. The fourth-order valence-corrected chi connectivity index (χ4v) is 2.98. The van der Waals surface area contributed by atoms with Crippen molar-refractivity contribution in [2.75, 3.05) is 26.0 Å². The summed E-state index contributed by atoms with van der Waals surface area (Å²) in [6, 6.07) is 0. The van der Waals surface area contributed by atoms with Gasteiger partial charge in [0.05, 0.1) is 11.9 Å². The third-order valence-electron chi connectivity index (χ3n) is 2.58. The normalized spacial score (nSPS) is 22.1. The van der Waals surface area contributed by atoms with Crippen LogP contribution in [0.25, 0.3) is 0 Å². The summed E-state index contributed by atoms with van der Waals surface area (Å²) < 4.78 is 27.0. The first-order valence-electron chi connectivity index (χ1n) is 4.69. The minimum atomic E-state index is -3.46. The maximum atomic E-state index is 10.9. The van der Waals surface area contributed by atoms with Crippen molar-refractivity contribution in [3.8, 4) is 0 Å². The minimum Gasteiger partial charge on any atom is -0.380 e.